The molecule has 1 unspecified atom stereocenters. The Hall–Kier alpha value is -2.91. The van der Waals surface area contributed by atoms with Crippen LogP contribution in [0.3, 0.4) is 0 Å². The lowest BCUT2D eigenvalue weighted by atomic mass is 10.1. The van der Waals surface area contributed by atoms with Gasteiger partial charge in [0.15, 0.2) is 0 Å². The third-order valence-corrected chi connectivity index (χ3v) is 4.92. The summed E-state index contributed by atoms with van der Waals surface area (Å²) >= 11 is 0. The minimum absolute atomic E-state index is 0.238. The SMILES string of the molecule is C[C@H](NC(=O)C(C)(F)F)c1ccc(OC2CCN(c3cccc(C(F)(F)F)n3)C2)cc1. The smallest absolute Gasteiger partial charge is 0.433 e. The Morgan fingerprint density at radius 1 is 1.16 bits per heavy atom. The van der Waals surface area contributed by atoms with Crippen LogP contribution in [0.5, 0.6) is 5.75 Å². The van der Waals surface area contributed by atoms with Gasteiger partial charge in [-0.15, -0.1) is 0 Å². The van der Waals surface area contributed by atoms with E-state index < -0.39 is 29.7 Å². The molecule has 1 aromatic heterocycles. The fraction of sp³-hybridized carbons (Fsp3) is 0.429. The third-order valence-electron chi connectivity index (χ3n) is 4.92. The molecule has 2 heterocycles. The number of ether oxygens (including phenoxy) is 1. The Labute approximate surface area is 176 Å². The zero-order valence-electron chi connectivity index (χ0n) is 16.9. The average Bonchev–Trinajstić information content (AvgIpc) is 3.15. The number of rotatable bonds is 6. The fourth-order valence-corrected chi connectivity index (χ4v) is 3.22. The standard InChI is InChI=1S/C21H22F5N3O2/c1-13(27-19(30)20(2,22)23)14-6-8-15(9-7-14)31-16-10-11-29(12-16)18-5-3-4-17(28-18)21(24,25)26/h3-9,13,16H,10-12H2,1-2H3,(H,27,30)/t13-,16?/m0/s1. The number of carbonyl (C=O) groups excluding carboxylic acids is 1. The molecule has 168 valence electrons. The van der Waals surface area contributed by atoms with Crippen LogP contribution in [0.1, 0.15) is 37.6 Å². The average molecular weight is 443 g/mol. The Kier molecular flexibility index (Phi) is 6.38. The summed E-state index contributed by atoms with van der Waals surface area (Å²) in [4.78, 5) is 16.8. The van der Waals surface area contributed by atoms with Gasteiger partial charge in [0, 0.05) is 19.9 Å². The quantitative estimate of drug-likeness (QED) is 0.664. The molecular weight excluding hydrogens is 421 g/mol. The number of aromatic nitrogens is 1. The van der Waals surface area contributed by atoms with E-state index in [1.807, 2.05) is 0 Å². The van der Waals surface area contributed by atoms with E-state index in [2.05, 4.69) is 10.3 Å². The molecule has 0 radical (unpaired) electrons. The van der Waals surface area contributed by atoms with E-state index in [0.717, 1.165) is 6.07 Å². The van der Waals surface area contributed by atoms with E-state index in [-0.39, 0.29) is 11.9 Å². The molecule has 1 aliphatic heterocycles. The van der Waals surface area contributed by atoms with Crippen molar-refractivity contribution in [1.82, 2.24) is 10.3 Å². The van der Waals surface area contributed by atoms with Gasteiger partial charge < -0.3 is 15.0 Å². The van der Waals surface area contributed by atoms with Gasteiger partial charge in [0.05, 0.1) is 12.6 Å². The van der Waals surface area contributed by atoms with Gasteiger partial charge in [0.1, 0.15) is 23.4 Å². The number of alkyl halides is 5. The molecule has 1 amide bonds. The lowest BCUT2D eigenvalue weighted by molar-refractivity contribution is -0.143. The van der Waals surface area contributed by atoms with E-state index in [1.54, 1.807) is 36.1 Å². The molecule has 0 spiro atoms. The van der Waals surface area contributed by atoms with Crippen LogP contribution in [0.4, 0.5) is 27.8 Å². The van der Waals surface area contributed by atoms with Gasteiger partial charge in [-0.1, -0.05) is 18.2 Å². The fourth-order valence-electron chi connectivity index (χ4n) is 3.22. The molecule has 3 rings (SSSR count). The van der Waals surface area contributed by atoms with Gasteiger partial charge in [-0.3, -0.25) is 4.79 Å². The maximum Gasteiger partial charge on any atom is 0.433 e. The molecule has 10 heteroatoms. The number of nitrogens with one attached hydrogen (secondary N) is 1. The van der Waals surface area contributed by atoms with E-state index in [4.69, 9.17) is 4.74 Å². The Bertz CT molecular complexity index is 912. The van der Waals surface area contributed by atoms with Crippen molar-refractivity contribution in [1.29, 1.82) is 0 Å². The van der Waals surface area contributed by atoms with Crippen molar-refractivity contribution < 1.29 is 31.5 Å². The second-order valence-electron chi connectivity index (χ2n) is 7.51. The largest absolute Gasteiger partial charge is 0.489 e. The zero-order valence-corrected chi connectivity index (χ0v) is 16.9. The van der Waals surface area contributed by atoms with Crippen molar-refractivity contribution in [2.75, 3.05) is 18.0 Å². The predicted molar refractivity (Wildman–Crippen MR) is 104 cm³/mol. The van der Waals surface area contributed by atoms with Crippen LogP contribution in [0.15, 0.2) is 42.5 Å². The van der Waals surface area contributed by atoms with E-state index in [9.17, 15) is 26.7 Å². The van der Waals surface area contributed by atoms with Crippen LogP contribution in [0.2, 0.25) is 0 Å². The molecule has 1 aliphatic rings. The van der Waals surface area contributed by atoms with Crippen LogP contribution in [-0.4, -0.2) is 36.0 Å². The summed E-state index contributed by atoms with van der Waals surface area (Å²) in [7, 11) is 0. The van der Waals surface area contributed by atoms with E-state index in [1.165, 1.54) is 12.1 Å². The van der Waals surface area contributed by atoms with Gasteiger partial charge in [0.25, 0.3) is 5.91 Å². The number of carbonyl (C=O) groups is 1. The third kappa shape index (κ3) is 5.83. The molecule has 1 saturated heterocycles. The highest BCUT2D eigenvalue weighted by molar-refractivity contribution is 5.83. The van der Waals surface area contributed by atoms with Crippen molar-refractivity contribution in [2.45, 2.75) is 44.5 Å². The van der Waals surface area contributed by atoms with Crippen LogP contribution >= 0.6 is 0 Å². The zero-order chi connectivity index (χ0) is 22.8. The van der Waals surface area contributed by atoms with Crippen molar-refractivity contribution >= 4 is 11.7 Å². The van der Waals surface area contributed by atoms with E-state index >= 15 is 0 Å². The monoisotopic (exact) mass is 443 g/mol. The summed E-state index contributed by atoms with van der Waals surface area (Å²) in [5.74, 6) is -4.03. The summed E-state index contributed by atoms with van der Waals surface area (Å²) in [6, 6.07) is 9.82. The highest BCUT2D eigenvalue weighted by atomic mass is 19.4. The molecule has 0 saturated carbocycles. The van der Waals surface area contributed by atoms with Crippen LogP contribution in [0, 0.1) is 0 Å². The van der Waals surface area contributed by atoms with Crippen molar-refractivity contribution in [3.8, 4) is 5.75 Å². The van der Waals surface area contributed by atoms with Crippen LogP contribution < -0.4 is 15.0 Å². The molecular formula is C21H22F5N3O2. The maximum absolute atomic E-state index is 13.0. The van der Waals surface area contributed by atoms with Crippen molar-refractivity contribution in [3.05, 3.63) is 53.7 Å². The second kappa shape index (κ2) is 8.68. The molecule has 2 aromatic rings. The second-order valence-corrected chi connectivity index (χ2v) is 7.51. The molecule has 31 heavy (non-hydrogen) atoms. The lowest BCUT2D eigenvalue weighted by Gasteiger charge is -2.20. The molecule has 2 atom stereocenters. The molecule has 1 aromatic carbocycles. The van der Waals surface area contributed by atoms with E-state index in [0.29, 0.717) is 37.7 Å². The number of amides is 1. The highest BCUT2D eigenvalue weighted by Crippen LogP contribution is 2.30. The summed E-state index contributed by atoms with van der Waals surface area (Å²) < 4.78 is 70.6. The Balaban J connectivity index is 1.58. The number of nitrogens with zero attached hydrogens (tertiary/aromatic N) is 2. The van der Waals surface area contributed by atoms with Crippen LogP contribution in [0.25, 0.3) is 0 Å². The summed E-state index contributed by atoms with van der Waals surface area (Å²) in [5.41, 5.74) is -0.307. The molecule has 0 aliphatic carbocycles. The Morgan fingerprint density at radius 3 is 2.45 bits per heavy atom. The Morgan fingerprint density at radius 2 is 1.84 bits per heavy atom. The number of benzene rings is 1. The minimum Gasteiger partial charge on any atom is -0.489 e. The topological polar surface area (TPSA) is 54.5 Å². The van der Waals surface area contributed by atoms with Gasteiger partial charge in [0.2, 0.25) is 0 Å². The highest BCUT2D eigenvalue weighted by Gasteiger charge is 2.34. The normalized spacial score (nSPS) is 18.0. The van der Waals surface area contributed by atoms with Crippen molar-refractivity contribution in [3.63, 3.8) is 0 Å². The summed E-state index contributed by atoms with van der Waals surface area (Å²) in [6.45, 7) is 3.02. The molecule has 0 bridgehead atoms. The molecule has 1 N–H and O–H groups in total. The lowest BCUT2D eigenvalue weighted by Crippen LogP contribution is -2.39. The maximum atomic E-state index is 13.0. The summed E-state index contributed by atoms with van der Waals surface area (Å²) in [6.07, 6.45) is -4.13. The predicted octanol–water partition coefficient (Wildman–Crippen LogP) is 4.59. The minimum atomic E-state index is -4.50. The first-order valence-electron chi connectivity index (χ1n) is 9.68. The first kappa shape index (κ1) is 22.8. The van der Waals surface area contributed by atoms with Crippen LogP contribution in [-0.2, 0) is 11.0 Å². The van der Waals surface area contributed by atoms with Gasteiger partial charge in [-0.2, -0.15) is 22.0 Å². The summed E-state index contributed by atoms with van der Waals surface area (Å²) in [5, 5.41) is 2.24. The number of anilines is 1. The van der Waals surface area contributed by atoms with Gasteiger partial charge >= 0.3 is 12.1 Å². The molecule has 1 fully saturated rings. The van der Waals surface area contributed by atoms with Gasteiger partial charge in [-0.05, 0) is 36.8 Å². The number of pyridine rings is 1. The van der Waals surface area contributed by atoms with Gasteiger partial charge in [-0.25, -0.2) is 4.98 Å². The number of hydrogen-bond acceptors (Lipinski definition) is 4. The first-order valence-corrected chi connectivity index (χ1v) is 9.68. The molecule has 5 nitrogen and oxygen atoms in total. The van der Waals surface area contributed by atoms with Crippen molar-refractivity contribution in [2.24, 2.45) is 0 Å². The first-order chi connectivity index (χ1) is 14.4. The number of hydrogen-bond donors (Lipinski definition) is 1. The number of halogens is 5.